The number of hydrogen-bond acceptors (Lipinski definition) is 2. The van der Waals surface area contributed by atoms with Gasteiger partial charge in [0.15, 0.2) is 0 Å². The van der Waals surface area contributed by atoms with Crippen LogP contribution in [-0.4, -0.2) is 20.7 Å². The van der Waals surface area contributed by atoms with E-state index in [0.717, 1.165) is 11.1 Å². The van der Waals surface area contributed by atoms with Gasteiger partial charge in [-0.1, -0.05) is 91.6 Å². The third-order valence-corrected chi connectivity index (χ3v) is 5.73. The molecule has 4 heteroatoms. The Labute approximate surface area is 145 Å². The first-order chi connectivity index (χ1) is 11.4. The molecule has 0 spiro atoms. The molecule has 126 valence electrons. The lowest BCUT2D eigenvalue weighted by atomic mass is 10.2. The minimum absolute atomic E-state index is 0.286. The highest BCUT2D eigenvalue weighted by atomic mass is 28.3. The highest BCUT2D eigenvalue weighted by Crippen LogP contribution is 2.06. The van der Waals surface area contributed by atoms with E-state index in [2.05, 4.69) is 49.2 Å². The zero-order valence-corrected chi connectivity index (χ0v) is 15.6. The molecule has 0 heterocycles. The third kappa shape index (κ3) is 6.05. The van der Waals surface area contributed by atoms with E-state index in [1.165, 1.54) is 5.19 Å². The van der Waals surface area contributed by atoms with Gasteiger partial charge in [0.05, 0.1) is 8.07 Å². The first-order valence-electron chi connectivity index (χ1n) is 8.17. The molecule has 0 atom stereocenters. The fourth-order valence-electron chi connectivity index (χ4n) is 2.21. The topological polar surface area (TPSA) is 38.3 Å². The summed E-state index contributed by atoms with van der Waals surface area (Å²) in [5.41, 5.74) is 2.11. The third-order valence-electron chi connectivity index (χ3n) is 3.66. The Bertz CT molecular complexity index is 673. The molecule has 0 aromatic heterocycles. The van der Waals surface area contributed by atoms with Crippen molar-refractivity contribution >= 4 is 25.4 Å². The fourth-order valence-corrected chi connectivity index (χ4v) is 3.37. The van der Waals surface area contributed by atoms with Crippen molar-refractivity contribution in [2.75, 3.05) is 6.54 Å². The fraction of sp³-hybridized carbons (Fsp3) is 0.250. The van der Waals surface area contributed by atoms with Crippen LogP contribution in [0.1, 0.15) is 11.1 Å². The molecule has 0 aliphatic rings. The van der Waals surface area contributed by atoms with Crippen molar-refractivity contribution in [3.05, 3.63) is 71.8 Å². The van der Waals surface area contributed by atoms with Crippen molar-refractivity contribution in [1.82, 2.24) is 5.32 Å². The van der Waals surface area contributed by atoms with E-state index in [0.29, 0.717) is 6.54 Å². The lowest BCUT2D eigenvalue weighted by Crippen LogP contribution is -2.37. The molecule has 2 aromatic carbocycles. The predicted molar refractivity (Wildman–Crippen MR) is 103 cm³/mol. The second-order valence-corrected chi connectivity index (χ2v) is 11.8. The minimum atomic E-state index is -1.24. The summed E-state index contributed by atoms with van der Waals surface area (Å²) in [7, 11) is -1.24. The van der Waals surface area contributed by atoms with Gasteiger partial charge in [-0.3, -0.25) is 0 Å². The summed E-state index contributed by atoms with van der Waals surface area (Å²) < 4.78 is 5.15. The molecule has 1 N–H and O–H groups in total. The normalized spacial score (nSPS) is 11.5. The van der Waals surface area contributed by atoms with Crippen molar-refractivity contribution in [2.24, 2.45) is 0 Å². The van der Waals surface area contributed by atoms with Gasteiger partial charge >= 0.3 is 6.09 Å². The Hall–Kier alpha value is -2.33. The van der Waals surface area contributed by atoms with E-state index >= 15 is 0 Å². The molecule has 24 heavy (non-hydrogen) atoms. The maximum atomic E-state index is 11.6. The summed E-state index contributed by atoms with van der Waals surface area (Å²) in [6.45, 7) is 7.74. The van der Waals surface area contributed by atoms with E-state index in [4.69, 9.17) is 4.74 Å². The van der Waals surface area contributed by atoms with Crippen LogP contribution in [0.2, 0.25) is 19.6 Å². The summed E-state index contributed by atoms with van der Waals surface area (Å²) >= 11 is 0. The number of carbonyl (C=O) groups is 1. The quantitative estimate of drug-likeness (QED) is 0.802. The molecule has 0 fully saturated rings. The van der Waals surface area contributed by atoms with Gasteiger partial charge < -0.3 is 10.1 Å². The molecule has 1 amide bonds. The Morgan fingerprint density at radius 3 is 2.33 bits per heavy atom. The molecule has 0 unspecified atom stereocenters. The molecule has 2 rings (SSSR count). The van der Waals surface area contributed by atoms with Crippen molar-refractivity contribution < 1.29 is 9.53 Å². The Morgan fingerprint density at radius 2 is 1.71 bits per heavy atom. The number of rotatable bonds is 6. The van der Waals surface area contributed by atoms with E-state index in [1.807, 2.05) is 42.5 Å². The first-order valence-corrected chi connectivity index (χ1v) is 11.7. The van der Waals surface area contributed by atoms with Gasteiger partial charge in [0.2, 0.25) is 0 Å². The second-order valence-electron chi connectivity index (χ2n) is 6.72. The largest absolute Gasteiger partial charge is 0.445 e. The van der Waals surface area contributed by atoms with Crippen molar-refractivity contribution in [2.45, 2.75) is 26.2 Å². The Balaban J connectivity index is 1.73. The van der Waals surface area contributed by atoms with Crippen molar-refractivity contribution in [3.8, 4) is 0 Å². The van der Waals surface area contributed by atoms with Crippen LogP contribution in [0.15, 0.2) is 60.7 Å². The number of hydrogen-bond donors (Lipinski definition) is 1. The second kappa shape index (κ2) is 8.50. The maximum absolute atomic E-state index is 11.6. The summed E-state index contributed by atoms with van der Waals surface area (Å²) in [6, 6.07) is 18.3. The van der Waals surface area contributed by atoms with Crippen LogP contribution in [0, 0.1) is 0 Å². The number of ether oxygens (including phenoxy) is 1. The molecular formula is C20H25NO2Si. The molecule has 0 aliphatic heterocycles. The van der Waals surface area contributed by atoms with Crippen LogP contribution in [0.4, 0.5) is 4.79 Å². The van der Waals surface area contributed by atoms with E-state index in [-0.39, 0.29) is 6.61 Å². The maximum Gasteiger partial charge on any atom is 0.407 e. The summed E-state index contributed by atoms with van der Waals surface area (Å²) in [4.78, 5) is 11.6. The minimum Gasteiger partial charge on any atom is -0.445 e. The van der Waals surface area contributed by atoms with Crippen LogP contribution in [-0.2, 0) is 11.3 Å². The van der Waals surface area contributed by atoms with Gasteiger partial charge in [0.25, 0.3) is 0 Å². The zero-order valence-electron chi connectivity index (χ0n) is 14.6. The van der Waals surface area contributed by atoms with Crippen LogP contribution < -0.4 is 10.5 Å². The molecule has 0 saturated heterocycles. The number of nitrogens with one attached hydrogen (secondary N) is 1. The van der Waals surface area contributed by atoms with Gasteiger partial charge in [-0.25, -0.2) is 4.79 Å². The molecule has 0 radical (unpaired) electrons. The standard InChI is InChI=1S/C20H25NO2Si/c1-24(2,3)19-13-11-17(12-14-19)10-7-15-21-20(22)23-16-18-8-5-4-6-9-18/h4-14H,15-16H2,1-3H3,(H,21,22). The zero-order chi connectivity index (χ0) is 17.4. The average molecular weight is 340 g/mol. The molecule has 0 saturated carbocycles. The SMILES string of the molecule is C[Si](C)(C)c1ccc(C=CCNC(=O)OCc2ccccc2)cc1. The predicted octanol–water partition coefficient (Wildman–Crippen LogP) is 4.17. The molecule has 0 bridgehead atoms. The Morgan fingerprint density at radius 1 is 1.04 bits per heavy atom. The summed E-state index contributed by atoms with van der Waals surface area (Å²) in [5, 5.41) is 4.16. The molecule has 2 aromatic rings. The van der Waals surface area contributed by atoms with E-state index < -0.39 is 14.2 Å². The van der Waals surface area contributed by atoms with Gasteiger partial charge in [0.1, 0.15) is 6.61 Å². The van der Waals surface area contributed by atoms with Crippen LogP contribution in [0.3, 0.4) is 0 Å². The lowest BCUT2D eigenvalue weighted by Gasteiger charge is -2.16. The smallest absolute Gasteiger partial charge is 0.407 e. The van der Waals surface area contributed by atoms with E-state index in [1.54, 1.807) is 0 Å². The van der Waals surface area contributed by atoms with Crippen LogP contribution >= 0.6 is 0 Å². The number of alkyl carbamates (subject to hydrolysis) is 1. The number of carbonyl (C=O) groups excluding carboxylic acids is 1. The average Bonchev–Trinajstić information content (AvgIpc) is 2.57. The van der Waals surface area contributed by atoms with Gasteiger partial charge in [-0.05, 0) is 11.1 Å². The number of amides is 1. The summed E-state index contributed by atoms with van der Waals surface area (Å²) in [6.07, 6.45) is 3.52. The Kier molecular flexibility index (Phi) is 6.38. The van der Waals surface area contributed by atoms with Gasteiger partial charge in [-0.2, -0.15) is 0 Å². The van der Waals surface area contributed by atoms with Gasteiger partial charge in [-0.15, -0.1) is 0 Å². The highest BCUT2D eigenvalue weighted by Gasteiger charge is 2.15. The lowest BCUT2D eigenvalue weighted by molar-refractivity contribution is 0.141. The van der Waals surface area contributed by atoms with Gasteiger partial charge in [0, 0.05) is 6.54 Å². The highest BCUT2D eigenvalue weighted by molar-refractivity contribution is 6.88. The molecule has 3 nitrogen and oxygen atoms in total. The number of benzene rings is 2. The summed E-state index contributed by atoms with van der Waals surface area (Å²) in [5.74, 6) is 0. The monoisotopic (exact) mass is 339 g/mol. The molecular weight excluding hydrogens is 314 g/mol. The van der Waals surface area contributed by atoms with E-state index in [9.17, 15) is 4.79 Å². The van der Waals surface area contributed by atoms with Crippen LogP contribution in [0.5, 0.6) is 0 Å². The van der Waals surface area contributed by atoms with Crippen molar-refractivity contribution in [1.29, 1.82) is 0 Å². The van der Waals surface area contributed by atoms with Crippen molar-refractivity contribution in [3.63, 3.8) is 0 Å². The molecule has 0 aliphatic carbocycles. The first kappa shape index (κ1) is 18.0. The van der Waals surface area contributed by atoms with Crippen LogP contribution in [0.25, 0.3) is 6.08 Å².